The first kappa shape index (κ1) is 12.4. The second-order valence-electron chi connectivity index (χ2n) is 3.42. The van der Waals surface area contributed by atoms with E-state index in [1.165, 1.54) is 24.3 Å². The largest absolute Gasteiger partial charge is 0.429 e. The standard InChI is InChI=1S/C12H6FN3O3/c13-9-4-2-5-10(16(17)18)12(9)19-11-6-1-3-8(7-14)15-11/h1-6H. The van der Waals surface area contributed by atoms with Crippen LogP contribution >= 0.6 is 0 Å². The van der Waals surface area contributed by atoms with Crippen LogP contribution in [0.4, 0.5) is 10.1 Å². The van der Waals surface area contributed by atoms with E-state index < -0.39 is 22.2 Å². The number of hydrogen-bond donors (Lipinski definition) is 0. The van der Waals surface area contributed by atoms with Gasteiger partial charge in [0.25, 0.3) is 0 Å². The molecule has 0 spiro atoms. The van der Waals surface area contributed by atoms with E-state index in [2.05, 4.69) is 4.98 Å². The molecule has 0 fully saturated rings. The number of nitro benzene ring substituents is 1. The summed E-state index contributed by atoms with van der Waals surface area (Å²) in [7, 11) is 0. The molecule has 2 aromatic rings. The Hall–Kier alpha value is -3.01. The normalized spacial score (nSPS) is 9.68. The maximum Gasteiger partial charge on any atom is 0.314 e. The molecule has 0 unspecified atom stereocenters. The molecule has 0 N–H and O–H groups in total. The summed E-state index contributed by atoms with van der Waals surface area (Å²) in [4.78, 5) is 13.8. The fraction of sp³-hybridized carbons (Fsp3) is 0. The van der Waals surface area contributed by atoms with Gasteiger partial charge in [-0.15, -0.1) is 0 Å². The minimum atomic E-state index is -0.877. The minimum Gasteiger partial charge on any atom is -0.429 e. The van der Waals surface area contributed by atoms with Crippen LogP contribution < -0.4 is 4.74 Å². The molecule has 1 aromatic carbocycles. The van der Waals surface area contributed by atoms with E-state index in [0.717, 1.165) is 12.1 Å². The average Bonchev–Trinajstić information content (AvgIpc) is 2.41. The van der Waals surface area contributed by atoms with Crippen LogP contribution in [-0.2, 0) is 0 Å². The summed E-state index contributed by atoms with van der Waals surface area (Å²) in [5.41, 5.74) is -0.444. The molecule has 2 rings (SSSR count). The van der Waals surface area contributed by atoms with Gasteiger partial charge in [0.15, 0.2) is 5.82 Å². The summed E-state index contributed by atoms with van der Waals surface area (Å²) in [6, 6.07) is 9.43. The number of para-hydroxylation sites is 1. The van der Waals surface area contributed by atoms with Crippen molar-refractivity contribution in [3.8, 4) is 17.7 Å². The van der Waals surface area contributed by atoms with Gasteiger partial charge in [-0.2, -0.15) is 5.26 Å². The molecule has 7 heteroatoms. The zero-order valence-corrected chi connectivity index (χ0v) is 9.41. The molecule has 1 aromatic heterocycles. The van der Waals surface area contributed by atoms with E-state index in [-0.39, 0.29) is 11.6 Å². The van der Waals surface area contributed by atoms with Gasteiger partial charge < -0.3 is 4.74 Å². The summed E-state index contributed by atoms with van der Waals surface area (Å²) in [5, 5.41) is 19.4. The number of nitro groups is 1. The van der Waals surface area contributed by atoms with Crippen molar-refractivity contribution in [2.24, 2.45) is 0 Å². The van der Waals surface area contributed by atoms with Crippen molar-refractivity contribution in [1.82, 2.24) is 4.98 Å². The highest BCUT2D eigenvalue weighted by atomic mass is 19.1. The molecule has 94 valence electrons. The second kappa shape index (κ2) is 5.10. The molecule has 0 saturated carbocycles. The highest BCUT2D eigenvalue weighted by molar-refractivity contribution is 5.48. The molecule has 1 heterocycles. The monoisotopic (exact) mass is 259 g/mol. The summed E-state index contributed by atoms with van der Waals surface area (Å²) in [6.07, 6.45) is 0. The van der Waals surface area contributed by atoms with Crippen molar-refractivity contribution in [2.75, 3.05) is 0 Å². The van der Waals surface area contributed by atoms with E-state index in [4.69, 9.17) is 10.00 Å². The first-order chi connectivity index (χ1) is 9.11. The van der Waals surface area contributed by atoms with Gasteiger partial charge >= 0.3 is 5.69 Å². The van der Waals surface area contributed by atoms with E-state index in [1.807, 2.05) is 0 Å². The van der Waals surface area contributed by atoms with Gasteiger partial charge in [-0.1, -0.05) is 12.1 Å². The Kier molecular flexibility index (Phi) is 3.34. The summed E-state index contributed by atoms with van der Waals surface area (Å²) < 4.78 is 18.6. The first-order valence-corrected chi connectivity index (χ1v) is 5.09. The molecule has 0 aliphatic heterocycles. The van der Waals surface area contributed by atoms with Crippen molar-refractivity contribution in [3.63, 3.8) is 0 Å². The Balaban J connectivity index is 2.43. The zero-order valence-electron chi connectivity index (χ0n) is 9.41. The SMILES string of the molecule is N#Cc1cccc(Oc2c(F)cccc2[N+](=O)[O-])n1. The summed E-state index contributed by atoms with van der Waals surface area (Å²) in [6.45, 7) is 0. The molecule has 19 heavy (non-hydrogen) atoms. The zero-order chi connectivity index (χ0) is 13.8. The van der Waals surface area contributed by atoms with Crippen molar-refractivity contribution in [2.45, 2.75) is 0 Å². The number of hydrogen-bond acceptors (Lipinski definition) is 5. The van der Waals surface area contributed by atoms with Gasteiger partial charge in [0.05, 0.1) is 4.92 Å². The van der Waals surface area contributed by atoms with Crippen LogP contribution in [-0.4, -0.2) is 9.91 Å². The van der Waals surface area contributed by atoms with E-state index in [9.17, 15) is 14.5 Å². The number of rotatable bonds is 3. The third-order valence-electron chi connectivity index (χ3n) is 2.19. The Morgan fingerprint density at radius 3 is 2.74 bits per heavy atom. The predicted molar refractivity (Wildman–Crippen MR) is 62.1 cm³/mol. The molecule has 0 amide bonds. The third-order valence-corrected chi connectivity index (χ3v) is 2.19. The number of nitriles is 1. The van der Waals surface area contributed by atoms with Crippen LogP contribution in [0.25, 0.3) is 0 Å². The molecule has 0 aliphatic rings. The second-order valence-corrected chi connectivity index (χ2v) is 3.42. The summed E-state index contributed by atoms with van der Waals surface area (Å²) >= 11 is 0. The van der Waals surface area contributed by atoms with E-state index in [1.54, 1.807) is 6.07 Å². The minimum absolute atomic E-state index is 0.0662. The van der Waals surface area contributed by atoms with Crippen molar-refractivity contribution >= 4 is 5.69 Å². The summed E-state index contributed by atoms with van der Waals surface area (Å²) in [5.74, 6) is -1.50. The van der Waals surface area contributed by atoms with Crippen molar-refractivity contribution in [3.05, 3.63) is 58.0 Å². The van der Waals surface area contributed by atoms with Gasteiger partial charge in [-0.25, -0.2) is 9.37 Å². The van der Waals surface area contributed by atoms with Gasteiger partial charge in [-0.3, -0.25) is 10.1 Å². The number of ether oxygens (including phenoxy) is 1. The maximum atomic E-state index is 13.6. The Morgan fingerprint density at radius 2 is 2.05 bits per heavy atom. The predicted octanol–water partition coefficient (Wildman–Crippen LogP) is 2.79. The lowest BCUT2D eigenvalue weighted by Crippen LogP contribution is -1.97. The van der Waals surface area contributed by atoms with Gasteiger partial charge in [0, 0.05) is 12.1 Å². The smallest absolute Gasteiger partial charge is 0.314 e. The Labute approximate surface area is 106 Å². The molecule has 0 radical (unpaired) electrons. The Morgan fingerprint density at radius 1 is 1.32 bits per heavy atom. The number of aromatic nitrogens is 1. The van der Waals surface area contributed by atoms with Gasteiger partial charge in [-0.05, 0) is 12.1 Å². The van der Waals surface area contributed by atoms with Crippen LogP contribution in [0, 0.1) is 27.3 Å². The quantitative estimate of drug-likeness (QED) is 0.624. The van der Waals surface area contributed by atoms with E-state index in [0.29, 0.717) is 0 Å². The number of halogens is 1. The highest BCUT2D eigenvalue weighted by Gasteiger charge is 2.20. The number of pyridine rings is 1. The average molecular weight is 259 g/mol. The van der Waals surface area contributed by atoms with E-state index >= 15 is 0 Å². The van der Waals surface area contributed by atoms with Crippen LogP contribution in [0.15, 0.2) is 36.4 Å². The van der Waals surface area contributed by atoms with Gasteiger partial charge in [0.1, 0.15) is 11.8 Å². The fourth-order valence-corrected chi connectivity index (χ4v) is 1.38. The highest BCUT2D eigenvalue weighted by Crippen LogP contribution is 2.32. The molecule has 0 atom stereocenters. The molecule has 0 bridgehead atoms. The number of nitrogens with zero attached hydrogens (tertiary/aromatic N) is 3. The van der Waals surface area contributed by atoms with Crippen LogP contribution in [0.3, 0.4) is 0 Å². The molecule has 0 saturated heterocycles. The van der Waals surface area contributed by atoms with Crippen molar-refractivity contribution in [1.29, 1.82) is 5.26 Å². The maximum absolute atomic E-state index is 13.6. The molecule has 0 aliphatic carbocycles. The lowest BCUT2D eigenvalue weighted by atomic mass is 10.3. The van der Waals surface area contributed by atoms with Crippen LogP contribution in [0.5, 0.6) is 11.6 Å². The van der Waals surface area contributed by atoms with Crippen molar-refractivity contribution < 1.29 is 14.1 Å². The third kappa shape index (κ3) is 2.63. The van der Waals surface area contributed by atoms with Gasteiger partial charge in [0.2, 0.25) is 11.6 Å². The molecule has 6 nitrogen and oxygen atoms in total. The number of benzene rings is 1. The topological polar surface area (TPSA) is 89.0 Å². The molecular formula is C12H6FN3O3. The fourth-order valence-electron chi connectivity index (χ4n) is 1.38. The lowest BCUT2D eigenvalue weighted by Gasteiger charge is -2.06. The first-order valence-electron chi connectivity index (χ1n) is 5.09. The van der Waals surface area contributed by atoms with Crippen LogP contribution in [0.2, 0.25) is 0 Å². The lowest BCUT2D eigenvalue weighted by molar-refractivity contribution is -0.385. The van der Waals surface area contributed by atoms with Crippen LogP contribution in [0.1, 0.15) is 5.69 Å². The Bertz CT molecular complexity index is 682. The molecular weight excluding hydrogens is 253 g/mol.